The van der Waals surface area contributed by atoms with Crippen molar-refractivity contribution in [3.63, 3.8) is 0 Å². The molecule has 12 nitrogen and oxygen atoms in total. The summed E-state index contributed by atoms with van der Waals surface area (Å²) in [5.41, 5.74) is 10.0. The summed E-state index contributed by atoms with van der Waals surface area (Å²) in [7, 11) is 3.76. The van der Waals surface area contributed by atoms with Crippen LogP contribution < -0.4 is 5.73 Å². The van der Waals surface area contributed by atoms with E-state index in [-0.39, 0.29) is 24.6 Å². The van der Waals surface area contributed by atoms with Crippen molar-refractivity contribution in [3.8, 4) is 6.07 Å². The smallest absolute Gasteiger partial charge is 0.271 e. The molecule has 1 amide bonds. The van der Waals surface area contributed by atoms with Gasteiger partial charge >= 0.3 is 0 Å². The highest BCUT2D eigenvalue weighted by molar-refractivity contribution is 6.45. The zero-order chi connectivity index (χ0) is 29.6. The summed E-state index contributed by atoms with van der Waals surface area (Å²) in [4.78, 5) is 31.0. The van der Waals surface area contributed by atoms with Gasteiger partial charge in [-0.1, -0.05) is 69.2 Å². The van der Waals surface area contributed by atoms with Crippen molar-refractivity contribution >= 4 is 28.8 Å². The first-order valence-corrected chi connectivity index (χ1v) is 11.5. The summed E-state index contributed by atoms with van der Waals surface area (Å²) in [6.07, 6.45) is 0. The van der Waals surface area contributed by atoms with Gasteiger partial charge < -0.3 is 30.2 Å². The molecule has 0 spiro atoms. The molecule has 0 fully saturated rings. The highest BCUT2D eigenvalue weighted by Gasteiger charge is 2.15. The fourth-order valence-electron chi connectivity index (χ4n) is 2.76. The number of nitrogens with zero attached hydrogens (tertiary/aromatic N) is 5. The number of primary amides is 1. The minimum absolute atomic E-state index is 0.0545. The molecule has 0 saturated heterocycles. The molecule has 3 N–H and O–H groups in total. The Balaban J connectivity index is 0.000000697. The van der Waals surface area contributed by atoms with Crippen molar-refractivity contribution in [3.05, 3.63) is 70.8 Å². The third-order valence-electron chi connectivity index (χ3n) is 4.18. The van der Waals surface area contributed by atoms with E-state index in [1.807, 2.05) is 64.1 Å². The molecule has 0 bridgehead atoms. The summed E-state index contributed by atoms with van der Waals surface area (Å²) in [6, 6.07) is 16.5. The van der Waals surface area contributed by atoms with E-state index in [2.05, 4.69) is 30.3 Å². The van der Waals surface area contributed by atoms with Crippen LogP contribution in [-0.4, -0.2) is 55.2 Å². The predicted octanol–water partition coefficient (Wildman–Crippen LogP) is 3.52. The van der Waals surface area contributed by atoms with E-state index >= 15 is 0 Å². The van der Waals surface area contributed by atoms with Gasteiger partial charge in [0.15, 0.2) is 11.4 Å². The largest absolute Gasteiger partial charge is 0.400 e. The molecule has 12 heteroatoms. The minimum atomic E-state index is -0.663. The Morgan fingerprint density at radius 3 is 1.64 bits per heavy atom. The second-order valence-corrected chi connectivity index (χ2v) is 7.66. The van der Waals surface area contributed by atoms with Gasteiger partial charge in [-0.3, -0.25) is 4.79 Å². The first-order valence-electron chi connectivity index (χ1n) is 11.5. The monoisotopic (exact) mass is 540 g/mol. The molecule has 0 atom stereocenters. The number of aliphatic hydroxyl groups excluding tert-OH is 1. The van der Waals surface area contributed by atoms with Crippen LogP contribution in [0, 0.1) is 11.3 Å². The molecule has 0 saturated carbocycles. The SMILES string of the molecule is CO.CO/N=C(/C#N)c1ccccc1CON=C(C)C.CO/N=C(/C(N)=O)c1ccccc1CON=C(C)C. The van der Waals surface area contributed by atoms with Gasteiger partial charge in [-0.15, -0.1) is 0 Å². The standard InChI is InChI=1S/C13H17N3O3.C13H15N3O2.CH4O/c1-9(2)15-19-8-10-6-4-5-7-11(10)12(13(14)17)16-18-3;1-10(2)15-18-9-11-6-4-5-7-12(11)13(8-14)16-17-3;1-2/h4-7H,8H2,1-3H3,(H2,14,17);4-7H,9H2,1-3H3;2H,1H3/b16-12+;16-13-;. The molecular formula is C27H36N6O6. The third kappa shape index (κ3) is 13.4. The van der Waals surface area contributed by atoms with Crippen LogP contribution in [0.2, 0.25) is 0 Å². The Morgan fingerprint density at radius 1 is 0.795 bits per heavy atom. The highest BCUT2D eigenvalue weighted by Crippen LogP contribution is 2.13. The second kappa shape index (κ2) is 20.3. The number of hydrogen-bond donors (Lipinski definition) is 2. The fourth-order valence-corrected chi connectivity index (χ4v) is 2.76. The average Bonchev–Trinajstić information content (AvgIpc) is 2.92. The quantitative estimate of drug-likeness (QED) is 0.324. The van der Waals surface area contributed by atoms with Gasteiger partial charge in [0.1, 0.15) is 33.5 Å². The molecule has 0 aromatic heterocycles. The Hall–Kier alpha value is -4.76. The van der Waals surface area contributed by atoms with E-state index in [9.17, 15) is 4.79 Å². The Labute approximate surface area is 229 Å². The number of benzene rings is 2. The Morgan fingerprint density at radius 2 is 1.23 bits per heavy atom. The van der Waals surface area contributed by atoms with Gasteiger partial charge in [-0.2, -0.15) is 5.26 Å². The minimum Gasteiger partial charge on any atom is -0.400 e. The van der Waals surface area contributed by atoms with Crippen LogP contribution in [0.4, 0.5) is 0 Å². The van der Waals surface area contributed by atoms with Gasteiger partial charge in [-0.25, -0.2) is 0 Å². The van der Waals surface area contributed by atoms with E-state index in [4.69, 9.17) is 25.8 Å². The number of hydrogen-bond acceptors (Lipinski definition) is 11. The predicted molar refractivity (Wildman–Crippen MR) is 150 cm³/mol. The molecule has 0 unspecified atom stereocenters. The van der Waals surface area contributed by atoms with Gasteiger partial charge in [0.05, 0.1) is 11.4 Å². The van der Waals surface area contributed by atoms with Crippen LogP contribution in [0.1, 0.15) is 49.9 Å². The first kappa shape index (κ1) is 34.2. The van der Waals surface area contributed by atoms with Crippen LogP contribution >= 0.6 is 0 Å². The maximum Gasteiger partial charge on any atom is 0.271 e. The maximum atomic E-state index is 11.4. The van der Waals surface area contributed by atoms with Gasteiger partial charge in [0, 0.05) is 29.4 Å². The van der Waals surface area contributed by atoms with Crippen molar-refractivity contribution in [1.29, 1.82) is 5.26 Å². The Bertz CT molecular complexity index is 1190. The number of nitrogens with two attached hydrogens (primary N) is 1. The van der Waals surface area contributed by atoms with Gasteiger partial charge in [0.2, 0.25) is 0 Å². The van der Waals surface area contributed by atoms with Crippen LogP contribution in [0.5, 0.6) is 0 Å². The summed E-state index contributed by atoms with van der Waals surface area (Å²) < 4.78 is 0. The molecule has 39 heavy (non-hydrogen) atoms. The lowest BCUT2D eigenvalue weighted by Crippen LogP contribution is -2.25. The molecule has 0 aliphatic heterocycles. The molecule has 0 radical (unpaired) electrons. The van der Waals surface area contributed by atoms with Gasteiger partial charge in [-0.05, 0) is 27.7 Å². The summed E-state index contributed by atoms with van der Waals surface area (Å²) in [5, 5.41) is 31.0. The molecule has 0 aliphatic rings. The van der Waals surface area contributed by atoms with Crippen molar-refractivity contribution in [2.24, 2.45) is 26.4 Å². The molecular weight excluding hydrogens is 504 g/mol. The molecule has 210 valence electrons. The summed E-state index contributed by atoms with van der Waals surface area (Å²) in [5.74, 6) is -0.663. The second-order valence-electron chi connectivity index (χ2n) is 7.66. The Kier molecular flexibility index (Phi) is 17.8. The van der Waals surface area contributed by atoms with Crippen LogP contribution in [0.25, 0.3) is 0 Å². The number of rotatable bonds is 11. The zero-order valence-corrected chi connectivity index (χ0v) is 23.3. The number of aliphatic hydroxyl groups is 1. The average molecular weight is 541 g/mol. The van der Waals surface area contributed by atoms with E-state index in [0.29, 0.717) is 11.1 Å². The fraction of sp³-hybridized carbons (Fsp3) is 0.333. The van der Waals surface area contributed by atoms with E-state index < -0.39 is 5.91 Å². The molecule has 2 rings (SSSR count). The van der Waals surface area contributed by atoms with E-state index in [1.165, 1.54) is 14.2 Å². The normalized spacial score (nSPS) is 10.2. The molecule has 0 aliphatic carbocycles. The number of oxime groups is 4. The van der Waals surface area contributed by atoms with Gasteiger partial charge in [0.25, 0.3) is 5.91 Å². The summed E-state index contributed by atoms with van der Waals surface area (Å²) >= 11 is 0. The third-order valence-corrected chi connectivity index (χ3v) is 4.18. The van der Waals surface area contributed by atoms with Crippen LogP contribution in [0.15, 0.2) is 69.2 Å². The first-order chi connectivity index (χ1) is 18.7. The molecule has 0 heterocycles. The van der Waals surface area contributed by atoms with Crippen molar-refractivity contribution in [2.75, 3.05) is 21.3 Å². The van der Waals surface area contributed by atoms with Crippen LogP contribution in [0.3, 0.4) is 0 Å². The molecule has 2 aromatic carbocycles. The topological polar surface area (TPSA) is 173 Å². The maximum absolute atomic E-state index is 11.4. The van der Waals surface area contributed by atoms with Crippen molar-refractivity contribution in [2.45, 2.75) is 40.9 Å². The van der Waals surface area contributed by atoms with Crippen molar-refractivity contribution in [1.82, 2.24) is 0 Å². The lowest BCUT2D eigenvalue weighted by Gasteiger charge is -2.08. The van der Waals surface area contributed by atoms with E-state index in [1.54, 1.807) is 18.2 Å². The number of carbonyl (C=O) groups is 1. The lowest BCUT2D eigenvalue weighted by molar-refractivity contribution is -0.112. The number of amides is 1. The lowest BCUT2D eigenvalue weighted by atomic mass is 10.0. The van der Waals surface area contributed by atoms with Crippen molar-refractivity contribution < 1.29 is 29.3 Å². The van der Waals surface area contributed by atoms with E-state index in [0.717, 1.165) is 29.7 Å². The summed E-state index contributed by atoms with van der Waals surface area (Å²) in [6.45, 7) is 7.85. The highest BCUT2D eigenvalue weighted by atomic mass is 16.6. The van der Waals surface area contributed by atoms with Crippen LogP contribution in [-0.2, 0) is 37.4 Å². The molecule has 2 aromatic rings. The number of carbonyl (C=O) groups excluding carboxylic acids is 1. The zero-order valence-electron chi connectivity index (χ0n) is 23.3. The number of nitriles is 1.